The number of aromatic amines is 1. The van der Waals surface area contributed by atoms with Crippen LogP contribution in [0.4, 0.5) is 4.39 Å². The Hall–Kier alpha value is -2.99. The molecule has 0 aliphatic carbocycles. The van der Waals surface area contributed by atoms with Gasteiger partial charge in [0.05, 0.1) is 6.04 Å². The third-order valence-corrected chi connectivity index (χ3v) is 5.70. The Balaban J connectivity index is 1.45. The minimum absolute atomic E-state index is 0.00741. The van der Waals surface area contributed by atoms with Gasteiger partial charge in [0.15, 0.2) is 0 Å². The molecule has 0 bridgehead atoms. The lowest BCUT2D eigenvalue weighted by molar-refractivity contribution is -0.134. The average molecular weight is 393 g/mol. The van der Waals surface area contributed by atoms with Crippen LogP contribution in [0, 0.1) is 5.82 Å². The van der Waals surface area contributed by atoms with Crippen molar-refractivity contribution in [3.8, 4) is 0 Å². The number of nitrogens with zero attached hydrogens (tertiary/aromatic N) is 2. The summed E-state index contributed by atoms with van der Waals surface area (Å²) in [7, 11) is 1.95. The molecule has 1 atom stereocenters. The van der Waals surface area contributed by atoms with Crippen molar-refractivity contribution in [3.63, 3.8) is 0 Å². The van der Waals surface area contributed by atoms with Gasteiger partial charge in [0.25, 0.3) is 5.56 Å². The van der Waals surface area contributed by atoms with Gasteiger partial charge in [0.1, 0.15) is 5.82 Å². The maximum absolute atomic E-state index is 14.2. The van der Waals surface area contributed by atoms with Crippen molar-refractivity contribution in [1.29, 1.82) is 0 Å². The van der Waals surface area contributed by atoms with Crippen molar-refractivity contribution in [2.24, 2.45) is 0 Å². The molecule has 1 aromatic heterocycles. The second-order valence-electron chi connectivity index (χ2n) is 7.57. The van der Waals surface area contributed by atoms with Crippen LogP contribution in [0.3, 0.4) is 0 Å². The first-order valence-corrected chi connectivity index (χ1v) is 9.86. The van der Waals surface area contributed by atoms with E-state index >= 15 is 0 Å². The van der Waals surface area contributed by atoms with Gasteiger partial charge in [-0.15, -0.1) is 0 Å². The van der Waals surface area contributed by atoms with Crippen molar-refractivity contribution < 1.29 is 9.18 Å². The summed E-state index contributed by atoms with van der Waals surface area (Å²) in [4.78, 5) is 31.9. The number of rotatable bonds is 4. The number of aryl methyl sites for hydroxylation is 1. The lowest BCUT2D eigenvalue weighted by atomic mass is 10.0. The van der Waals surface area contributed by atoms with Gasteiger partial charge >= 0.3 is 0 Å². The Kier molecular flexibility index (Phi) is 5.45. The van der Waals surface area contributed by atoms with Crippen molar-refractivity contribution in [2.45, 2.75) is 18.9 Å². The fraction of sp³-hybridized carbons (Fsp3) is 0.304. The smallest absolute Gasteiger partial charge is 0.251 e. The predicted octanol–water partition coefficient (Wildman–Crippen LogP) is 3.12. The summed E-state index contributed by atoms with van der Waals surface area (Å²) >= 11 is 0. The van der Waals surface area contributed by atoms with Gasteiger partial charge in [0.2, 0.25) is 5.91 Å². The molecule has 1 amide bonds. The zero-order valence-corrected chi connectivity index (χ0v) is 16.4. The van der Waals surface area contributed by atoms with E-state index in [2.05, 4.69) is 9.88 Å². The van der Waals surface area contributed by atoms with Crippen LogP contribution in [-0.2, 0) is 11.2 Å². The predicted molar refractivity (Wildman–Crippen MR) is 111 cm³/mol. The van der Waals surface area contributed by atoms with E-state index in [1.54, 1.807) is 17.0 Å². The van der Waals surface area contributed by atoms with Crippen LogP contribution in [0.15, 0.2) is 59.4 Å². The summed E-state index contributed by atoms with van der Waals surface area (Å²) in [6.07, 6.45) is 0.644. The number of carbonyl (C=O) groups excluding carboxylic acids is 1. The number of pyridine rings is 1. The molecule has 0 spiro atoms. The standard InChI is InChI=1S/C23H24FN3O2/c1-26-12-13-27(15-21(26)18-7-3-4-8-19(18)24)22(28)11-10-17-14-16-6-2-5-9-20(16)25-23(17)29/h2-9,14,21H,10-13,15H2,1H3,(H,25,29). The second-order valence-corrected chi connectivity index (χ2v) is 7.57. The summed E-state index contributed by atoms with van der Waals surface area (Å²) in [5.74, 6) is -0.256. The van der Waals surface area contributed by atoms with Crippen LogP contribution < -0.4 is 5.56 Å². The summed E-state index contributed by atoms with van der Waals surface area (Å²) in [5.41, 5.74) is 1.86. The number of hydrogen-bond acceptors (Lipinski definition) is 3. The van der Waals surface area contributed by atoms with Gasteiger partial charge in [-0.1, -0.05) is 36.4 Å². The fourth-order valence-electron chi connectivity index (χ4n) is 3.96. The topological polar surface area (TPSA) is 56.4 Å². The number of nitrogens with one attached hydrogen (secondary N) is 1. The number of piperazine rings is 1. The first-order chi connectivity index (χ1) is 14.0. The molecule has 1 unspecified atom stereocenters. The van der Waals surface area contributed by atoms with Crippen LogP contribution in [0.25, 0.3) is 10.9 Å². The Labute approximate surface area is 168 Å². The number of halogens is 1. The molecule has 2 aromatic carbocycles. The van der Waals surface area contributed by atoms with Crippen LogP contribution in [0.5, 0.6) is 0 Å². The van der Waals surface area contributed by atoms with Gasteiger partial charge in [-0.05, 0) is 37.1 Å². The normalized spacial score (nSPS) is 17.6. The molecule has 3 aromatic rings. The maximum Gasteiger partial charge on any atom is 0.251 e. The summed E-state index contributed by atoms with van der Waals surface area (Å²) in [6, 6.07) is 16.0. The Morgan fingerprint density at radius 3 is 2.72 bits per heavy atom. The Morgan fingerprint density at radius 1 is 1.14 bits per heavy atom. The lowest BCUT2D eigenvalue weighted by Gasteiger charge is -2.39. The molecule has 0 saturated carbocycles. The summed E-state index contributed by atoms with van der Waals surface area (Å²) < 4.78 is 14.2. The number of amides is 1. The van der Waals surface area contributed by atoms with Gasteiger partial charge < -0.3 is 9.88 Å². The van der Waals surface area contributed by atoms with E-state index in [0.29, 0.717) is 37.2 Å². The molecule has 1 aliphatic rings. The number of carbonyl (C=O) groups is 1. The third-order valence-electron chi connectivity index (χ3n) is 5.70. The van der Waals surface area contributed by atoms with E-state index in [0.717, 1.165) is 10.9 Å². The quantitative estimate of drug-likeness (QED) is 0.741. The Bertz CT molecular complexity index is 1090. The van der Waals surface area contributed by atoms with Crippen LogP contribution in [0.1, 0.15) is 23.6 Å². The largest absolute Gasteiger partial charge is 0.339 e. The molecular weight excluding hydrogens is 369 g/mol. The highest BCUT2D eigenvalue weighted by Gasteiger charge is 2.29. The number of hydrogen-bond donors (Lipinski definition) is 1. The van der Waals surface area contributed by atoms with Crippen LogP contribution >= 0.6 is 0 Å². The van der Waals surface area contributed by atoms with Crippen molar-refractivity contribution in [2.75, 3.05) is 26.7 Å². The molecule has 1 N–H and O–H groups in total. The number of para-hydroxylation sites is 1. The maximum atomic E-state index is 14.2. The molecule has 29 heavy (non-hydrogen) atoms. The third kappa shape index (κ3) is 4.07. The number of fused-ring (bicyclic) bond motifs is 1. The number of likely N-dealkylation sites (N-methyl/N-ethyl adjacent to an activating group) is 1. The molecule has 1 aliphatic heterocycles. The SMILES string of the molecule is CN1CCN(C(=O)CCc2cc3ccccc3[nH]c2=O)CC1c1ccccc1F. The average Bonchev–Trinajstić information content (AvgIpc) is 2.73. The second kappa shape index (κ2) is 8.17. The molecule has 5 nitrogen and oxygen atoms in total. The van der Waals surface area contributed by atoms with Crippen molar-refractivity contribution >= 4 is 16.8 Å². The van der Waals surface area contributed by atoms with E-state index in [1.165, 1.54) is 6.07 Å². The summed E-state index contributed by atoms with van der Waals surface area (Å²) in [5, 5.41) is 0.953. The van der Waals surface area contributed by atoms with Crippen molar-refractivity contribution in [1.82, 2.24) is 14.8 Å². The van der Waals surface area contributed by atoms with Crippen LogP contribution in [0.2, 0.25) is 0 Å². The summed E-state index contributed by atoms with van der Waals surface area (Å²) in [6.45, 7) is 1.74. The molecule has 2 heterocycles. The van der Waals surface area contributed by atoms with E-state index in [4.69, 9.17) is 0 Å². The van der Waals surface area contributed by atoms with Gasteiger partial charge in [0, 0.05) is 42.7 Å². The fourth-order valence-corrected chi connectivity index (χ4v) is 3.96. The van der Waals surface area contributed by atoms with E-state index in [-0.39, 0.29) is 29.7 Å². The number of benzene rings is 2. The monoisotopic (exact) mass is 393 g/mol. The molecule has 150 valence electrons. The molecule has 1 saturated heterocycles. The zero-order valence-electron chi connectivity index (χ0n) is 16.4. The van der Waals surface area contributed by atoms with Crippen molar-refractivity contribution in [3.05, 3.63) is 81.9 Å². The molecule has 1 fully saturated rings. The minimum Gasteiger partial charge on any atom is -0.339 e. The van der Waals surface area contributed by atoms with Gasteiger partial charge in [-0.25, -0.2) is 4.39 Å². The van der Waals surface area contributed by atoms with Gasteiger partial charge in [-0.2, -0.15) is 0 Å². The van der Waals surface area contributed by atoms with E-state index in [9.17, 15) is 14.0 Å². The highest BCUT2D eigenvalue weighted by molar-refractivity contribution is 5.79. The molecular formula is C23H24FN3O2. The van der Waals surface area contributed by atoms with Crippen LogP contribution in [-0.4, -0.2) is 47.4 Å². The van der Waals surface area contributed by atoms with E-state index < -0.39 is 0 Å². The minimum atomic E-state index is -0.249. The molecule has 4 rings (SSSR count). The number of H-pyrrole nitrogens is 1. The first kappa shape index (κ1) is 19.3. The molecule has 0 radical (unpaired) electrons. The van der Waals surface area contributed by atoms with E-state index in [1.807, 2.05) is 43.4 Å². The molecule has 6 heteroatoms. The Morgan fingerprint density at radius 2 is 1.90 bits per heavy atom. The zero-order chi connectivity index (χ0) is 20.4. The highest BCUT2D eigenvalue weighted by atomic mass is 19.1. The first-order valence-electron chi connectivity index (χ1n) is 9.86. The van der Waals surface area contributed by atoms with Gasteiger partial charge in [-0.3, -0.25) is 14.5 Å². The number of aromatic nitrogens is 1. The lowest BCUT2D eigenvalue weighted by Crippen LogP contribution is -2.49. The highest BCUT2D eigenvalue weighted by Crippen LogP contribution is 2.26.